The molecule has 0 bridgehead atoms. The fourth-order valence-electron chi connectivity index (χ4n) is 2.35. The van der Waals surface area contributed by atoms with Crippen molar-refractivity contribution in [2.24, 2.45) is 0 Å². The highest BCUT2D eigenvalue weighted by molar-refractivity contribution is 5.65. The van der Waals surface area contributed by atoms with Crippen LogP contribution < -0.4 is 5.32 Å². The van der Waals surface area contributed by atoms with Gasteiger partial charge in [-0.15, -0.1) is 0 Å². The summed E-state index contributed by atoms with van der Waals surface area (Å²) >= 11 is 0. The minimum Gasteiger partial charge on any atom is -0.465 e. The smallest absolute Gasteiger partial charge is 0.407 e. The van der Waals surface area contributed by atoms with Gasteiger partial charge in [0.1, 0.15) is 0 Å². The zero-order valence-corrected chi connectivity index (χ0v) is 8.20. The van der Waals surface area contributed by atoms with Crippen LogP contribution >= 0.6 is 0 Å². The first kappa shape index (κ1) is 9.52. The van der Waals surface area contributed by atoms with Gasteiger partial charge in [-0.3, -0.25) is 0 Å². The molecule has 2 N–H and O–H groups in total. The van der Waals surface area contributed by atoms with Crippen molar-refractivity contribution >= 4 is 6.09 Å². The van der Waals surface area contributed by atoms with E-state index >= 15 is 0 Å². The predicted octanol–water partition coefficient (Wildman–Crippen LogP) is 1.05. The molecule has 1 unspecified atom stereocenters. The van der Waals surface area contributed by atoms with Gasteiger partial charge < -0.3 is 15.3 Å². The van der Waals surface area contributed by atoms with Gasteiger partial charge in [-0.05, 0) is 19.3 Å². The Morgan fingerprint density at radius 1 is 1.50 bits per heavy atom. The van der Waals surface area contributed by atoms with Gasteiger partial charge in [0.2, 0.25) is 0 Å². The highest BCUT2D eigenvalue weighted by Gasteiger charge is 2.36. The molecule has 1 atom stereocenters. The first-order chi connectivity index (χ1) is 6.72. The zero-order chi connectivity index (χ0) is 10.0. The first-order valence-electron chi connectivity index (χ1n) is 5.10. The van der Waals surface area contributed by atoms with Crippen LogP contribution in [0.3, 0.4) is 0 Å². The third-order valence-electron chi connectivity index (χ3n) is 3.12. The molecule has 0 aromatic carbocycles. The number of piperidine rings is 1. The van der Waals surface area contributed by atoms with Crippen molar-refractivity contribution in [3.63, 3.8) is 0 Å². The zero-order valence-electron chi connectivity index (χ0n) is 8.20. The van der Waals surface area contributed by atoms with Gasteiger partial charge >= 0.3 is 6.09 Å². The molecule has 0 radical (unpaired) electrons. The SMILES string of the molecule is O=C(O)N1CCCC2(CC=CCN2)C1. The first-order valence-corrected chi connectivity index (χ1v) is 5.10. The summed E-state index contributed by atoms with van der Waals surface area (Å²) < 4.78 is 0. The van der Waals surface area contributed by atoms with Crippen LogP contribution in [0.5, 0.6) is 0 Å². The Bertz CT molecular complexity index is 265. The second-order valence-corrected chi connectivity index (χ2v) is 4.14. The van der Waals surface area contributed by atoms with Crippen LogP contribution in [0, 0.1) is 0 Å². The summed E-state index contributed by atoms with van der Waals surface area (Å²) in [6.07, 6.45) is 6.47. The highest BCUT2D eigenvalue weighted by atomic mass is 16.4. The molecule has 78 valence electrons. The molecule has 1 fully saturated rings. The summed E-state index contributed by atoms with van der Waals surface area (Å²) in [4.78, 5) is 12.4. The minimum absolute atomic E-state index is 0.0192. The van der Waals surface area contributed by atoms with Gasteiger partial charge in [0.15, 0.2) is 0 Å². The number of amides is 1. The van der Waals surface area contributed by atoms with Gasteiger partial charge in [-0.2, -0.15) is 0 Å². The van der Waals surface area contributed by atoms with Crippen LogP contribution in [0.1, 0.15) is 19.3 Å². The number of rotatable bonds is 0. The molecule has 4 nitrogen and oxygen atoms in total. The molecule has 2 heterocycles. The number of carboxylic acid groups (broad SMARTS) is 1. The number of hydrogen-bond donors (Lipinski definition) is 2. The Hall–Kier alpha value is -1.03. The molecule has 0 aliphatic carbocycles. The summed E-state index contributed by atoms with van der Waals surface area (Å²) in [6.45, 7) is 2.18. The topological polar surface area (TPSA) is 52.6 Å². The van der Waals surface area contributed by atoms with Crippen LogP contribution in [0.15, 0.2) is 12.2 Å². The molecule has 2 aliphatic rings. The molecule has 2 rings (SSSR count). The molecule has 0 aromatic heterocycles. The second kappa shape index (κ2) is 3.61. The van der Waals surface area contributed by atoms with E-state index in [4.69, 9.17) is 5.11 Å². The third kappa shape index (κ3) is 1.75. The quantitative estimate of drug-likeness (QED) is 0.569. The lowest BCUT2D eigenvalue weighted by molar-refractivity contribution is 0.0981. The summed E-state index contributed by atoms with van der Waals surface area (Å²) in [7, 11) is 0. The molecule has 0 aromatic rings. The van der Waals surface area contributed by atoms with E-state index in [-0.39, 0.29) is 5.54 Å². The molecule has 4 heteroatoms. The summed E-state index contributed by atoms with van der Waals surface area (Å²) in [5.74, 6) is 0. The Balaban J connectivity index is 2.05. The van der Waals surface area contributed by atoms with Crippen LogP contribution in [0.4, 0.5) is 4.79 Å². The third-order valence-corrected chi connectivity index (χ3v) is 3.12. The summed E-state index contributed by atoms with van der Waals surface area (Å²) in [6, 6.07) is 0. The number of nitrogens with one attached hydrogen (secondary N) is 1. The number of carbonyl (C=O) groups is 1. The van der Waals surface area contributed by atoms with Crippen LogP contribution in [0.2, 0.25) is 0 Å². The van der Waals surface area contributed by atoms with Crippen molar-refractivity contribution in [3.8, 4) is 0 Å². The molecule has 0 saturated carbocycles. The fraction of sp³-hybridized carbons (Fsp3) is 0.700. The normalized spacial score (nSPS) is 32.1. The van der Waals surface area contributed by atoms with Crippen molar-refractivity contribution in [3.05, 3.63) is 12.2 Å². The molecule has 14 heavy (non-hydrogen) atoms. The predicted molar refractivity (Wildman–Crippen MR) is 53.3 cm³/mol. The van der Waals surface area contributed by atoms with E-state index in [2.05, 4.69) is 17.5 Å². The van der Waals surface area contributed by atoms with E-state index in [1.54, 1.807) is 0 Å². The van der Waals surface area contributed by atoms with E-state index in [0.29, 0.717) is 13.1 Å². The number of likely N-dealkylation sites (tertiary alicyclic amines) is 1. The van der Waals surface area contributed by atoms with Crippen LogP contribution in [0.25, 0.3) is 0 Å². The monoisotopic (exact) mass is 196 g/mol. The maximum absolute atomic E-state index is 10.9. The standard InChI is InChI=1S/C10H16N2O2/c13-9(14)12-7-3-5-10(8-12)4-1-2-6-11-10/h1-2,11H,3-8H2,(H,13,14). The van der Waals surface area contributed by atoms with Crippen LogP contribution in [-0.4, -0.2) is 41.3 Å². The Labute approximate surface area is 83.6 Å². The van der Waals surface area contributed by atoms with Gasteiger partial charge in [-0.25, -0.2) is 4.79 Å². The van der Waals surface area contributed by atoms with E-state index in [1.165, 1.54) is 4.90 Å². The van der Waals surface area contributed by atoms with Gasteiger partial charge in [0.05, 0.1) is 0 Å². The van der Waals surface area contributed by atoms with Crippen molar-refractivity contribution in [2.75, 3.05) is 19.6 Å². The number of nitrogens with zero attached hydrogens (tertiary/aromatic N) is 1. The largest absolute Gasteiger partial charge is 0.465 e. The molecule has 2 aliphatic heterocycles. The fourth-order valence-corrected chi connectivity index (χ4v) is 2.35. The van der Waals surface area contributed by atoms with Crippen molar-refractivity contribution in [1.82, 2.24) is 10.2 Å². The van der Waals surface area contributed by atoms with Crippen LogP contribution in [-0.2, 0) is 0 Å². The summed E-state index contributed by atoms with van der Waals surface area (Å²) in [5.41, 5.74) is 0.0192. The van der Waals surface area contributed by atoms with Gasteiger partial charge in [0.25, 0.3) is 0 Å². The summed E-state index contributed by atoms with van der Waals surface area (Å²) in [5, 5.41) is 12.4. The molecular weight excluding hydrogens is 180 g/mol. The van der Waals surface area contributed by atoms with Crippen molar-refractivity contribution in [2.45, 2.75) is 24.8 Å². The van der Waals surface area contributed by atoms with E-state index < -0.39 is 6.09 Å². The van der Waals surface area contributed by atoms with E-state index in [9.17, 15) is 4.79 Å². The average Bonchev–Trinajstić information content (AvgIpc) is 2.19. The average molecular weight is 196 g/mol. The highest BCUT2D eigenvalue weighted by Crippen LogP contribution is 2.26. The molecule has 1 amide bonds. The van der Waals surface area contributed by atoms with Gasteiger partial charge in [-0.1, -0.05) is 12.2 Å². The van der Waals surface area contributed by atoms with E-state index in [0.717, 1.165) is 25.8 Å². The number of hydrogen-bond acceptors (Lipinski definition) is 2. The Morgan fingerprint density at radius 2 is 2.36 bits per heavy atom. The molecule has 1 saturated heterocycles. The maximum Gasteiger partial charge on any atom is 0.407 e. The van der Waals surface area contributed by atoms with Gasteiger partial charge in [0, 0.05) is 25.2 Å². The second-order valence-electron chi connectivity index (χ2n) is 4.14. The maximum atomic E-state index is 10.9. The van der Waals surface area contributed by atoms with E-state index in [1.807, 2.05) is 0 Å². The minimum atomic E-state index is -0.791. The molecule has 1 spiro atoms. The lowest BCUT2D eigenvalue weighted by Crippen LogP contribution is -2.58. The Morgan fingerprint density at radius 3 is 3.00 bits per heavy atom. The van der Waals surface area contributed by atoms with Crippen molar-refractivity contribution < 1.29 is 9.90 Å². The lowest BCUT2D eigenvalue weighted by atomic mass is 9.84. The van der Waals surface area contributed by atoms with Crippen molar-refractivity contribution in [1.29, 1.82) is 0 Å². The Kier molecular flexibility index (Phi) is 2.46. The molecular formula is C10H16N2O2. The lowest BCUT2D eigenvalue weighted by Gasteiger charge is -2.43.